The summed E-state index contributed by atoms with van der Waals surface area (Å²) in [5.74, 6) is 0. The number of fused-ring (bicyclic) bond motifs is 1. The van der Waals surface area contributed by atoms with Gasteiger partial charge in [0.15, 0.2) is 5.16 Å². The van der Waals surface area contributed by atoms with E-state index in [2.05, 4.69) is 52.8 Å². The van der Waals surface area contributed by atoms with Gasteiger partial charge in [-0.3, -0.25) is 0 Å². The van der Waals surface area contributed by atoms with Crippen molar-refractivity contribution in [2.75, 3.05) is 25.9 Å². The van der Waals surface area contributed by atoms with Crippen LogP contribution in [0.25, 0.3) is 11.0 Å². The van der Waals surface area contributed by atoms with Gasteiger partial charge in [-0.2, -0.15) is 0 Å². The normalized spacial score (nSPS) is 11.6. The number of aromatic nitrogens is 2. The third kappa shape index (κ3) is 2.70. The quantitative estimate of drug-likeness (QED) is 0.747. The van der Waals surface area contributed by atoms with E-state index in [0.29, 0.717) is 0 Å². The van der Waals surface area contributed by atoms with Crippen molar-refractivity contribution < 1.29 is 0 Å². The number of hydrogen-bond donors (Lipinski definition) is 0. The third-order valence-electron chi connectivity index (χ3n) is 3.34. The zero-order chi connectivity index (χ0) is 13.0. The van der Waals surface area contributed by atoms with Crippen LogP contribution in [0.3, 0.4) is 0 Å². The molecule has 3 nitrogen and oxygen atoms in total. The molecule has 0 fully saturated rings. The van der Waals surface area contributed by atoms with Crippen LogP contribution in [0.15, 0.2) is 29.4 Å². The number of benzene rings is 1. The molecule has 2 rings (SSSR count). The lowest BCUT2D eigenvalue weighted by molar-refractivity contribution is 0.288. The molecule has 0 saturated heterocycles. The number of likely N-dealkylation sites (N-methyl/N-ethyl adjacent to an activating group) is 1. The summed E-state index contributed by atoms with van der Waals surface area (Å²) in [6.07, 6.45) is 2.09. The zero-order valence-electron chi connectivity index (χ0n) is 11.4. The molecule has 1 aromatic carbocycles. The molecule has 0 atom stereocenters. The largest absolute Gasteiger partial charge is 0.318 e. The standard InChI is InChI=1S/C14H21N3S/c1-4-16(5-2)10-11-17-13-9-7-6-8-12(13)15-14(17)18-3/h6-9H,4-5,10-11H2,1-3H3. The van der Waals surface area contributed by atoms with Gasteiger partial charge in [0, 0.05) is 13.1 Å². The number of rotatable bonds is 6. The predicted octanol–water partition coefficient (Wildman–Crippen LogP) is 3.10. The van der Waals surface area contributed by atoms with Crippen LogP contribution in [-0.2, 0) is 6.54 Å². The highest BCUT2D eigenvalue weighted by molar-refractivity contribution is 7.98. The van der Waals surface area contributed by atoms with Crippen LogP contribution in [0.1, 0.15) is 13.8 Å². The van der Waals surface area contributed by atoms with E-state index in [-0.39, 0.29) is 0 Å². The Balaban J connectivity index is 2.25. The maximum absolute atomic E-state index is 4.67. The van der Waals surface area contributed by atoms with Crippen LogP contribution in [0.5, 0.6) is 0 Å². The smallest absolute Gasteiger partial charge is 0.168 e. The second-order valence-electron chi connectivity index (χ2n) is 4.27. The number of para-hydroxylation sites is 2. The van der Waals surface area contributed by atoms with Crippen LogP contribution in [-0.4, -0.2) is 40.3 Å². The topological polar surface area (TPSA) is 21.1 Å². The molecule has 1 heterocycles. The molecule has 98 valence electrons. The van der Waals surface area contributed by atoms with Crippen molar-refractivity contribution in [3.05, 3.63) is 24.3 Å². The van der Waals surface area contributed by atoms with Gasteiger partial charge in [0.1, 0.15) is 0 Å². The summed E-state index contributed by atoms with van der Waals surface area (Å²) in [6.45, 7) is 8.74. The summed E-state index contributed by atoms with van der Waals surface area (Å²) in [4.78, 5) is 7.11. The molecule has 0 amide bonds. The average Bonchev–Trinajstić information content (AvgIpc) is 2.78. The molecule has 0 aliphatic rings. The van der Waals surface area contributed by atoms with Crippen molar-refractivity contribution in [3.63, 3.8) is 0 Å². The Kier molecular flexibility index (Phi) is 4.66. The van der Waals surface area contributed by atoms with Crippen molar-refractivity contribution >= 4 is 22.8 Å². The second-order valence-corrected chi connectivity index (χ2v) is 5.04. The lowest BCUT2D eigenvalue weighted by Gasteiger charge is -2.19. The first kappa shape index (κ1) is 13.4. The summed E-state index contributed by atoms with van der Waals surface area (Å²) in [5, 5.41) is 1.11. The minimum Gasteiger partial charge on any atom is -0.318 e. The Labute approximate surface area is 113 Å². The van der Waals surface area contributed by atoms with Crippen molar-refractivity contribution in [2.24, 2.45) is 0 Å². The van der Waals surface area contributed by atoms with E-state index in [1.165, 1.54) is 5.52 Å². The first-order chi connectivity index (χ1) is 8.80. The van der Waals surface area contributed by atoms with Gasteiger partial charge in [0.25, 0.3) is 0 Å². The van der Waals surface area contributed by atoms with Gasteiger partial charge in [-0.25, -0.2) is 4.98 Å². The molecule has 4 heteroatoms. The van der Waals surface area contributed by atoms with Crippen molar-refractivity contribution in [1.82, 2.24) is 14.5 Å². The highest BCUT2D eigenvalue weighted by atomic mass is 32.2. The Morgan fingerprint density at radius 3 is 2.61 bits per heavy atom. The molecule has 0 saturated carbocycles. The number of imidazole rings is 1. The minimum atomic E-state index is 1.01. The van der Waals surface area contributed by atoms with Gasteiger partial charge in [-0.05, 0) is 31.5 Å². The Morgan fingerprint density at radius 1 is 1.22 bits per heavy atom. The molecule has 0 aliphatic heterocycles. The van der Waals surface area contributed by atoms with Crippen molar-refractivity contribution in [3.8, 4) is 0 Å². The Bertz CT molecular complexity index is 503. The molecule has 0 N–H and O–H groups in total. The Hall–Kier alpha value is -1.00. The van der Waals surface area contributed by atoms with Gasteiger partial charge in [-0.1, -0.05) is 37.7 Å². The second kappa shape index (κ2) is 6.25. The number of thioether (sulfide) groups is 1. The van der Waals surface area contributed by atoms with Gasteiger partial charge in [-0.15, -0.1) is 0 Å². The van der Waals surface area contributed by atoms with E-state index in [1.807, 2.05) is 6.07 Å². The lowest BCUT2D eigenvalue weighted by atomic mass is 10.3. The molecule has 0 unspecified atom stereocenters. The fraction of sp³-hybridized carbons (Fsp3) is 0.500. The molecule has 2 aromatic rings. The van der Waals surface area contributed by atoms with E-state index >= 15 is 0 Å². The van der Waals surface area contributed by atoms with E-state index in [1.54, 1.807) is 11.8 Å². The molecule has 0 spiro atoms. The molecule has 0 aliphatic carbocycles. The van der Waals surface area contributed by atoms with Crippen LogP contribution >= 0.6 is 11.8 Å². The molecule has 18 heavy (non-hydrogen) atoms. The summed E-state index contributed by atoms with van der Waals surface area (Å²) < 4.78 is 2.33. The van der Waals surface area contributed by atoms with Gasteiger partial charge >= 0.3 is 0 Å². The number of nitrogens with zero attached hydrogens (tertiary/aromatic N) is 3. The molecular formula is C14H21N3S. The summed E-state index contributed by atoms with van der Waals surface area (Å²) in [6, 6.07) is 8.38. The third-order valence-corrected chi connectivity index (χ3v) is 4.01. The summed E-state index contributed by atoms with van der Waals surface area (Å²) in [5.41, 5.74) is 2.34. The first-order valence-electron chi connectivity index (χ1n) is 6.51. The Morgan fingerprint density at radius 2 is 1.94 bits per heavy atom. The van der Waals surface area contributed by atoms with Crippen LogP contribution in [0.4, 0.5) is 0 Å². The maximum atomic E-state index is 4.67. The molecule has 0 radical (unpaired) electrons. The van der Waals surface area contributed by atoms with Gasteiger partial charge in [0.05, 0.1) is 11.0 Å². The minimum absolute atomic E-state index is 1.01. The van der Waals surface area contributed by atoms with E-state index in [9.17, 15) is 0 Å². The fourth-order valence-electron chi connectivity index (χ4n) is 2.21. The van der Waals surface area contributed by atoms with Crippen LogP contribution in [0.2, 0.25) is 0 Å². The summed E-state index contributed by atoms with van der Waals surface area (Å²) in [7, 11) is 0. The highest BCUT2D eigenvalue weighted by Crippen LogP contribution is 2.22. The van der Waals surface area contributed by atoms with Gasteiger partial charge < -0.3 is 9.47 Å². The van der Waals surface area contributed by atoms with E-state index < -0.39 is 0 Å². The summed E-state index contributed by atoms with van der Waals surface area (Å²) >= 11 is 1.72. The first-order valence-corrected chi connectivity index (χ1v) is 7.74. The average molecular weight is 263 g/mol. The van der Waals surface area contributed by atoms with Crippen LogP contribution in [0, 0.1) is 0 Å². The molecule has 1 aromatic heterocycles. The maximum Gasteiger partial charge on any atom is 0.168 e. The highest BCUT2D eigenvalue weighted by Gasteiger charge is 2.10. The van der Waals surface area contributed by atoms with Crippen LogP contribution < -0.4 is 0 Å². The molecule has 0 bridgehead atoms. The van der Waals surface area contributed by atoms with E-state index in [4.69, 9.17) is 0 Å². The number of hydrogen-bond acceptors (Lipinski definition) is 3. The van der Waals surface area contributed by atoms with Crippen molar-refractivity contribution in [2.45, 2.75) is 25.5 Å². The van der Waals surface area contributed by atoms with Crippen molar-refractivity contribution in [1.29, 1.82) is 0 Å². The zero-order valence-corrected chi connectivity index (χ0v) is 12.2. The monoisotopic (exact) mass is 263 g/mol. The fourth-order valence-corrected chi connectivity index (χ4v) is 2.81. The van der Waals surface area contributed by atoms with Gasteiger partial charge in [0.2, 0.25) is 0 Å². The molecular weight excluding hydrogens is 242 g/mol. The predicted molar refractivity (Wildman–Crippen MR) is 79.3 cm³/mol. The SMILES string of the molecule is CCN(CC)CCn1c(SC)nc2ccccc21. The van der Waals surface area contributed by atoms with E-state index in [0.717, 1.165) is 36.9 Å². The lowest BCUT2D eigenvalue weighted by Crippen LogP contribution is -2.27.